The molecule has 0 atom stereocenters. The minimum absolute atomic E-state index is 0.409. The van der Waals surface area contributed by atoms with Crippen LogP contribution in [-0.2, 0) is 0 Å². The quantitative estimate of drug-likeness (QED) is 0.814. The summed E-state index contributed by atoms with van der Waals surface area (Å²) in [6, 6.07) is 0.922. The van der Waals surface area contributed by atoms with E-state index in [2.05, 4.69) is 39.1 Å². The predicted molar refractivity (Wildman–Crippen MR) is 85.1 cm³/mol. The van der Waals surface area contributed by atoms with E-state index < -0.39 is 0 Å². The van der Waals surface area contributed by atoms with Crippen molar-refractivity contribution >= 4 is 11.9 Å². The molecule has 1 heterocycles. The molecule has 0 aromatic carbocycles. The Morgan fingerprint density at radius 3 is 2.48 bits per heavy atom. The van der Waals surface area contributed by atoms with Gasteiger partial charge in [0.2, 0.25) is 11.9 Å². The summed E-state index contributed by atoms with van der Waals surface area (Å²) in [4.78, 5) is 15.4. The number of nitrogens with one attached hydrogen (secondary N) is 1. The third kappa shape index (κ3) is 4.44. The maximum Gasteiger partial charge on any atom is 0.323 e. The van der Waals surface area contributed by atoms with Gasteiger partial charge in [0.15, 0.2) is 0 Å². The first-order chi connectivity index (χ1) is 10.2. The molecule has 0 amide bonds. The molecule has 1 saturated carbocycles. The summed E-state index contributed by atoms with van der Waals surface area (Å²) in [7, 11) is 3.89. The van der Waals surface area contributed by atoms with E-state index in [1.165, 1.54) is 38.5 Å². The van der Waals surface area contributed by atoms with Crippen molar-refractivity contribution in [1.82, 2.24) is 15.0 Å². The molecule has 0 radical (unpaired) electrons. The zero-order chi connectivity index (χ0) is 15.1. The second kappa shape index (κ2) is 8.00. The molecule has 6 nitrogen and oxygen atoms in total. The number of anilines is 2. The van der Waals surface area contributed by atoms with E-state index in [-0.39, 0.29) is 0 Å². The van der Waals surface area contributed by atoms with Crippen molar-refractivity contribution in [3.05, 3.63) is 0 Å². The monoisotopic (exact) mass is 293 g/mol. The van der Waals surface area contributed by atoms with Gasteiger partial charge in [-0.05, 0) is 19.3 Å². The Kier molecular flexibility index (Phi) is 6.02. The van der Waals surface area contributed by atoms with Crippen LogP contribution in [0.15, 0.2) is 0 Å². The van der Waals surface area contributed by atoms with Gasteiger partial charge in [-0.25, -0.2) is 0 Å². The Morgan fingerprint density at radius 1 is 1.14 bits per heavy atom. The number of rotatable bonds is 6. The summed E-state index contributed by atoms with van der Waals surface area (Å²) in [5.74, 6) is 1.26. The highest BCUT2D eigenvalue weighted by Gasteiger charge is 2.20. The van der Waals surface area contributed by atoms with Gasteiger partial charge in [0.1, 0.15) is 0 Å². The minimum Gasteiger partial charge on any atom is -0.463 e. The molecule has 6 heteroatoms. The molecule has 1 aromatic heterocycles. The molecule has 1 fully saturated rings. The van der Waals surface area contributed by atoms with Crippen molar-refractivity contribution in [2.75, 3.05) is 30.9 Å². The Hall–Kier alpha value is -1.59. The van der Waals surface area contributed by atoms with Crippen LogP contribution in [0.1, 0.15) is 51.9 Å². The molecule has 118 valence electrons. The highest BCUT2D eigenvalue weighted by Crippen LogP contribution is 2.24. The van der Waals surface area contributed by atoms with Crippen LogP contribution in [0, 0.1) is 0 Å². The highest BCUT2D eigenvalue weighted by molar-refractivity contribution is 5.38. The molecule has 2 rings (SSSR count). The maximum absolute atomic E-state index is 5.57. The average Bonchev–Trinajstić information content (AvgIpc) is 2.81. The number of hydrogen-bond donors (Lipinski definition) is 1. The second-order valence-corrected chi connectivity index (χ2v) is 5.60. The van der Waals surface area contributed by atoms with Crippen molar-refractivity contribution in [2.24, 2.45) is 0 Å². The summed E-state index contributed by atoms with van der Waals surface area (Å²) < 4.78 is 5.57. The standard InChI is InChI=1S/C15H27N5O/c1-4-11-21-15-18-13(16-2)17-14(19-15)20(3)12-9-7-5-6-8-10-12/h12H,4-11H2,1-3H3,(H,16,17,18,19). The lowest BCUT2D eigenvalue weighted by Crippen LogP contribution is -2.33. The average molecular weight is 293 g/mol. The lowest BCUT2D eigenvalue weighted by Gasteiger charge is -2.27. The van der Waals surface area contributed by atoms with E-state index in [1.54, 1.807) is 0 Å². The van der Waals surface area contributed by atoms with E-state index in [0.29, 0.717) is 30.6 Å². The molecule has 0 spiro atoms. The lowest BCUT2D eigenvalue weighted by molar-refractivity contribution is 0.291. The van der Waals surface area contributed by atoms with Crippen LogP contribution in [0.2, 0.25) is 0 Å². The lowest BCUT2D eigenvalue weighted by atomic mass is 10.1. The minimum atomic E-state index is 0.409. The largest absolute Gasteiger partial charge is 0.463 e. The van der Waals surface area contributed by atoms with Crippen LogP contribution in [0.3, 0.4) is 0 Å². The SMILES string of the molecule is CCCOc1nc(NC)nc(N(C)C2CCCCCC2)n1. The van der Waals surface area contributed by atoms with Crippen molar-refractivity contribution < 1.29 is 4.74 Å². The summed E-state index contributed by atoms with van der Waals surface area (Å²) in [6.45, 7) is 2.69. The fourth-order valence-corrected chi connectivity index (χ4v) is 2.68. The van der Waals surface area contributed by atoms with E-state index in [0.717, 1.165) is 6.42 Å². The smallest absolute Gasteiger partial charge is 0.323 e. The number of nitrogens with zero attached hydrogens (tertiary/aromatic N) is 4. The zero-order valence-corrected chi connectivity index (χ0v) is 13.4. The fourth-order valence-electron chi connectivity index (χ4n) is 2.68. The van der Waals surface area contributed by atoms with Crippen molar-refractivity contribution in [3.63, 3.8) is 0 Å². The van der Waals surface area contributed by atoms with Gasteiger partial charge >= 0.3 is 6.01 Å². The summed E-state index contributed by atoms with van der Waals surface area (Å²) in [5.41, 5.74) is 0. The van der Waals surface area contributed by atoms with E-state index in [4.69, 9.17) is 4.74 Å². The maximum atomic E-state index is 5.57. The Morgan fingerprint density at radius 2 is 1.86 bits per heavy atom. The van der Waals surface area contributed by atoms with Crippen LogP contribution in [-0.4, -0.2) is 41.7 Å². The predicted octanol–water partition coefficient (Wildman–Crippen LogP) is 2.86. The van der Waals surface area contributed by atoms with Crippen LogP contribution in [0.25, 0.3) is 0 Å². The molecule has 0 aliphatic heterocycles. The molecule has 1 aliphatic carbocycles. The van der Waals surface area contributed by atoms with Crippen molar-refractivity contribution in [2.45, 2.75) is 57.9 Å². The van der Waals surface area contributed by atoms with Gasteiger partial charge in [-0.1, -0.05) is 32.6 Å². The summed E-state index contributed by atoms with van der Waals surface area (Å²) >= 11 is 0. The third-order valence-electron chi connectivity index (χ3n) is 3.95. The van der Waals surface area contributed by atoms with Gasteiger partial charge in [0, 0.05) is 20.1 Å². The molecule has 0 unspecified atom stereocenters. The topological polar surface area (TPSA) is 63.2 Å². The van der Waals surface area contributed by atoms with Gasteiger partial charge in [0.25, 0.3) is 0 Å². The zero-order valence-electron chi connectivity index (χ0n) is 13.4. The number of aromatic nitrogens is 3. The molecule has 1 N–H and O–H groups in total. The fraction of sp³-hybridized carbons (Fsp3) is 0.800. The molecule has 21 heavy (non-hydrogen) atoms. The van der Waals surface area contributed by atoms with Crippen LogP contribution >= 0.6 is 0 Å². The molecule has 0 bridgehead atoms. The number of ether oxygens (including phenoxy) is 1. The van der Waals surface area contributed by atoms with Crippen LogP contribution < -0.4 is 15.0 Å². The Labute approximate surface area is 127 Å². The summed E-state index contributed by atoms with van der Waals surface area (Å²) in [5, 5.41) is 2.99. The first-order valence-corrected chi connectivity index (χ1v) is 8.04. The Bertz CT molecular complexity index is 432. The highest BCUT2D eigenvalue weighted by atomic mass is 16.5. The van der Waals surface area contributed by atoms with Gasteiger partial charge in [-0.3, -0.25) is 0 Å². The van der Waals surface area contributed by atoms with E-state index in [1.807, 2.05) is 7.05 Å². The van der Waals surface area contributed by atoms with Crippen molar-refractivity contribution in [3.8, 4) is 6.01 Å². The summed E-state index contributed by atoms with van der Waals surface area (Å²) in [6.07, 6.45) is 8.62. The van der Waals surface area contributed by atoms with Crippen LogP contribution in [0.5, 0.6) is 6.01 Å². The first kappa shape index (κ1) is 15.8. The molecule has 0 saturated heterocycles. The first-order valence-electron chi connectivity index (χ1n) is 8.04. The van der Waals surface area contributed by atoms with Crippen LogP contribution in [0.4, 0.5) is 11.9 Å². The molecular weight excluding hydrogens is 266 g/mol. The molecular formula is C15H27N5O. The Balaban J connectivity index is 2.15. The van der Waals surface area contributed by atoms with E-state index in [9.17, 15) is 0 Å². The van der Waals surface area contributed by atoms with Crippen molar-refractivity contribution in [1.29, 1.82) is 0 Å². The third-order valence-corrected chi connectivity index (χ3v) is 3.95. The molecule has 1 aliphatic rings. The molecule has 1 aromatic rings. The van der Waals surface area contributed by atoms with Gasteiger partial charge in [-0.2, -0.15) is 15.0 Å². The second-order valence-electron chi connectivity index (χ2n) is 5.60. The van der Waals surface area contributed by atoms with Gasteiger partial charge in [0.05, 0.1) is 6.61 Å². The van der Waals surface area contributed by atoms with E-state index >= 15 is 0 Å². The number of hydrogen-bond acceptors (Lipinski definition) is 6. The van der Waals surface area contributed by atoms with Gasteiger partial charge in [-0.15, -0.1) is 0 Å². The normalized spacial score (nSPS) is 16.3. The van der Waals surface area contributed by atoms with Gasteiger partial charge < -0.3 is 15.0 Å².